The molecule has 0 radical (unpaired) electrons. The van der Waals surface area contributed by atoms with Crippen molar-refractivity contribution in [2.75, 3.05) is 12.0 Å². The van der Waals surface area contributed by atoms with E-state index < -0.39 is 6.10 Å². The van der Waals surface area contributed by atoms with Gasteiger partial charge in [0.15, 0.2) is 6.10 Å². The van der Waals surface area contributed by atoms with Gasteiger partial charge in [0.1, 0.15) is 5.75 Å². The van der Waals surface area contributed by atoms with E-state index in [9.17, 15) is 4.79 Å². The molecule has 4 rings (SSSR count). The molecule has 28 heavy (non-hydrogen) atoms. The van der Waals surface area contributed by atoms with Gasteiger partial charge in [-0.05, 0) is 42.3 Å². The lowest BCUT2D eigenvalue weighted by atomic mass is 9.89. The summed E-state index contributed by atoms with van der Waals surface area (Å²) in [5.74, 6) is 0.777. The van der Waals surface area contributed by atoms with Gasteiger partial charge in [-0.3, -0.25) is 9.69 Å². The zero-order valence-corrected chi connectivity index (χ0v) is 16.0. The first-order chi connectivity index (χ1) is 13.7. The number of ether oxygens (including phenoxy) is 2. The number of anilines is 1. The molecule has 0 aliphatic carbocycles. The van der Waals surface area contributed by atoms with Gasteiger partial charge >= 0.3 is 0 Å². The van der Waals surface area contributed by atoms with Crippen molar-refractivity contribution >= 4 is 11.6 Å². The Labute approximate surface area is 165 Å². The number of nitrogens with zero attached hydrogens (tertiary/aromatic N) is 1. The van der Waals surface area contributed by atoms with Crippen LogP contribution in [0, 0.1) is 6.92 Å². The molecule has 1 amide bonds. The minimum atomic E-state index is -0.505. The van der Waals surface area contributed by atoms with Gasteiger partial charge < -0.3 is 9.47 Å². The summed E-state index contributed by atoms with van der Waals surface area (Å²) >= 11 is 0. The maximum Gasteiger partial charge on any atom is 0.259 e. The maximum absolute atomic E-state index is 13.0. The molecular weight excluding hydrogens is 350 g/mol. The second-order valence-electron chi connectivity index (χ2n) is 6.98. The van der Waals surface area contributed by atoms with Crippen molar-refractivity contribution in [3.63, 3.8) is 0 Å². The minimum Gasteiger partial charge on any atom is -0.497 e. The lowest BCUT2D eigenvalue weighted by Gasteiger charge is -2.47. The fraction of sp³-hybridized carbons (Fsp3) is 0.208. The standard InChI is InChI=1S/C24H23NO3/c1-17-8-12-20(13-9-17)25-22(19-10-14-21(27-2)15-11-19)23(24(25)26)28-16-18-6-4-3-5-7-18/h3-15,22-23H,16H2,1-2H3/t22-,23+/m1/s1. The summed E-state index contributed by atoms with van der Waals surface area (Å²) in [5.41, 5.74) is 4.13. The summed E-state index contributed by atoms with van der Waals surface area (Å²) in [6.07, 6.45) is -0.505. The fourth-order valence-corrected chi connectivity index (χ4v) is 3.50. The highest BCUT2D eigenvalue weighted by molar-refractivity contribution is 6.05. The van der Waals surface area contributed by atoms with Gasteiger partial charge in [0.05, 0.1) is 19.8 Å². The summed E-state index contributed by atoms with van der Waals surface area (Å²) in [5, 5.41) is 0. The minimum absolute atomic E-state index is 0.0133. The molecule has 1 aliphatic rings. The normalized spacial score (nSPS) is 18.6. The van der Waals surface area contributed by atoms with E-state index in [2.05, 4.69) is 0 Å². The van der Waals surface area contributed by atoms with Gasteiger partial charge in [0.2, 0.25) is 0 Å². The first kappa shape index (κ1) is 18.3. The van der Waals surface area contributed by atoms with Crippen molar-refractivity contribution < 1.29 is 14.3 Å². The number of hydrogen-bond donors (Lipinski definition) is 0. The van der Waals surface area contributed by atoms with E-state index in [0.29, 0.717) is 6.61 Å². The monoisotopic (exact) mass is 373 g/mol. The lowest BCUT2D eigenvalue weighted by molar-refractivity contribution is -0.143. The lowest BCUT2D eigenvalue weighted by Crippen LogP contribution is -2.60. The molecule has 1 fully saturated rings. The summed E-state index contributed by atoms with van der Waals surface area (Å²) in [6, 6.07) is 25.6. The molecule has 0 spiro atoms. The summed E-state index contributed by atoms with van der Waals surface area (Å²) in [6.45, 7) is 2.44. The third-order valence-corrected chi connectivity index (χ3v) is 5.09. The highest BCUT2D eigenvalue weighted by atomic mass is 16.5. The average Bonchev–Trinajstić information content (AvgIpc) is 2.74. The topological polar surface area (TPSA) is 38.8 Å². The van der Waals surface area contributed by atoms with Crippen LogP contribution < -0.4 is 9.64 Å². The van der Waals surface area contributed by atoms with Crippen LogP contribution >= 0.6 is 0 Å². The van der Waals surface area contributed by atoms with Crippen LogP contribution in [-0.2, 0) is 16.1 Å². The van der Waals surface area contributed by atoms with Crippen molar-refractivity contribution in [3.8, 4) is 5.75 Å². The molecule has 4 heteroatoms. The molecule has 1 aliphatic heterocycles. The van der Waals surface area contributed by atoms with Crippen LogP contribution in [0.2, 0.25) is 0 Å². The van der Waals surface area contributed by atoms with Gasteiger partial charge in [-0.25, -0.2) is 0 Å². The third kappa shape index (κ3) is 3.51. The van der Waals surface area contributed by atoms with Crippen LogP contribution in [0.1, 0.15) is 22.7 Å². The van der Waals surface area contributed by atoms with E-state index in [4.69, 9.17) is 9.47 Å². The Morgan fingerprint density at radius 2 is 1.57 bits per heavy atom. The Hall–Kier alpha value is -3.11. The number of rotatable bonds is 6. The smallest absolute Gasteiger partial charge is 0.259 e. The quantitative estimate of drug-likeness (QED) is 0.589. The van der Waals surface area contributed by atoms with Gasteiger partial charge in [0, 0.05) is 5.69 Å². The first-order valence-electron chi connectivity index (χ1n) is 9.36. The number of carbonyl (C=O) groups excluding carboxylic acids is 1. The third-order valence-electron chi connectivity index (χ3n) is 5.09. The van der Waals surface area contributed by atoms with Crippen molar-refractivity contribution in [1.82, 2.24) is 0 Å². The Balaban J connectivity index is 1.60. The van der Waals surface area contributed by atoms with Crippen LogP contribution in [0.4, 0.5) is 5.69 Å². The van der Waals surface area contributed by atoms with Gasteiger partial charge in [-0.15, -0.1) is 0 Å². The van der Waals surface area contributed by atoms with Crippen molar-refractivity contribution in [1.29, 1.82) is 0 Å². The second-order valence-corrected chi connectivity index (χ2v) is 6.98. The highest BCUT2D eigenvalue weighted by Gasteiger charge is 2.49. The van der Waals surface area contributed by atoms with Crippen molar-refractivity contribution in [2.24, 2.45) is 0 Å². The van der Waals surface area contributed by atoms with Gasteiger partial charge in [0.25, 0.3) is 5.91 Å². The molecule has 0 aromatic heterocycles. The first-order valence-corrected chi connectivity index (χ1v) is 9.36. The van der Waals surface area contributed by atoms with E-state index in [1.54, 1.807) is 7.11 Å². The van der Waals surface area contributed by atoms with Crippen LogP contribution in [-0.4, -0.2) is 19.1 Å². The maximum atomic E-state index is 13.0. The molecule has 4 nitrogen and oxygen atoms in total. The van der Waals surface area contributed by atoms with E-state index >= 15 is 0 Å². The number of aryl methyl sites for hydroxylation is 1. The van der Waals surface area contributed by atoms with Gasteiger partial charge in [-0.1, -0.05) is 60.2 Å². The largest absolute Gasteiger partial charge is 0.497 e. The molecule has 1 heterocycles. The number of hydrogen-bond acceptors (Lipinski definition) is 3. The summed E-state index contributed by atoms with van der Waals surface area (Å²) in [7, 11) is 1.65. The zero-order chi connectivity index (χ0) is 19.5. The van der Waals surface area contributed by atoms with E-state index in [-0.39, 0.29) is 11.9 Å². The zero-order valence-electron chi connectivity index (χ0n) is 16.0. The fourth-order valence-electron chi connectivity index (χ4n) is 3.50. The molecule has 1 saturated heterocycles. The molecule has 2 atom stereocenters. The Bertz CT molecular complexity index is 936. The molecule has 0 bridgehead atoms. The van der Waals surface area contributed by atoms with E-state index in [1.807, 2.05) is 90.7 Å². The Kier molecular flexibility index (Phi) is 5.13. The molecule has 3 aromatic rings. The summed E-state index contributed by atoms with van der Waals surface area (Å²) < 4.78 is 11.3. The molecule has 0 unspecified atom stereocenters. The molecule has 0 saturated carbocycles. The van der Waals surface area contributed by atoms with Crippen LogP contribution in [0.5, 0.6) is 5.75 Å². The molecular formula is C24H23NO3. The predicted octanol–water partition coefficient (Wildman–Crippen LogP) is 4.68. The van der Waals surface area contributed by atoms with Crippen molar-refractivity contribution in [3.05, 3.63) is 95.6 Å². The molecule has 0 N–H and O–H groups in total. The summed E-state index contributed by atoms with van der Waals surface area (Å²) in [4.78, 5) is 14.8. The molecule has 142 valence electrons. The second kappa shape index (κ2) is 7.87. The molecule has 3 aromatic carbocycles. The van der Waals surface area contributed by atoms with Crippen molar-refractivity contribution in [2.45, 2.75) is 25.7 Å². The van der Waals surface area contributed by atoms with Crippen LogP contribution in [0.3, 0.4) is 0 Å². The number of amides is 1. The van der Waals surface area contributed by atoms with Gasteiger partial charge in [-0.2, -0.15) is 0 Å². The predicted molar refractivity (Wildman–Crippen MR) is 109 cm³/mol. The van der Waals surface area contributed by atoms with E-state index in [0.717, 1.165) is 28.1 Å². The average molecular weight is 373 g/mol. The Morgan fingerprint density at radius 3 is 2.21 bits per heavy atom. The number of carbonyl (C=O) groups is 1. The SMILES string of the molecule is COc1ccc([C@@H]2[C@H](OCc3ccccc3)C(=O)N2c2ccc(C)cc2)cc1. The number of methoxy groups -OCH3 is 1. The number of β-lactam (4-membered cyclic amide) rings is 1. The number of benzene rings is 3. The van der Waals surface area contributed by atoms with Crippen LogP contribution in [0.15, 0.2) is 78.9 Å². The van der Waals surface area contributed by atoms with E-state index in [1.165, 1.54) is 0 Å². The van der Waals surface area contributed by atoms with Crippen LogP contribution in [0.25, 0.3) is 0 Å². The Morgan fingerprint density at radius 1 is 0.893 bits per heavy atom. The highest BCUT2D eigenvalue weighted by Crippen LogP contribution is 2.41.